The molecule has 1 unspecified atom stereocenters. The molecule has 0 aliphatic carbocycles. The van der Waals surface area contributed by atoms with Crippen LogP contribution < -0.4 is 4.74 Å². The average molecular weight is 291 g/mol. The lowest BCUT2D eigenvalue weighted by Gasteiger charge is -2.17. The van der Waals surface area contributed by atoms with E-state index in [0.717, 1.165) is 6.42 Å². The molecule has 1 aromatic rings. The van der Waals surface area contributed by atoms with Crippen molar-refractivity contribution in [2.45, 2.75) is 33.8 Å². The quantitative estimate of drug-likeness (QED) is 0.833. The Kier molecular flexibility index (Phi) is 6.27. The molecule has 0 saturated heterocycles. The lowest BCUT2D eigenvalue weighted by atomic mass is 10.00. The summed E-state index contributed by atoms with van der Waals surface area (Å²) in [5.74, 6) is 1.63. The minimum atomic E-state index is -0.131. The molecular weight excluding hydrogens is 271 g/mol. The third kappa shape index (κ3) is 4.68. The summed E-state index contributed by atoms with van der Waals surface area (Å²) >= 11 is 12.0. The Bertz CT molecular complexity index is 392. The van der Waals surface area contributed by atoms with E-state index >= 15 is 0 Å². The number of halogens is 2. The molecule has 0 aliphatic rings. The number of rotatable bonds is 6. The first-order chi connectivity index (χ1) is 8.43. The summed E-state index contributed by atoms with van der Waals surface area (Å²) in [6.07, 6.45) is 1.10. The summed E-state index contributed by atoms with van der Waals surface area (Å²) < 4.78 is 5.73. The molecule has 0 fully saturated rings. The van der Waals surface area contributed by atoms with Gasteiger partial charge in [0.05, 0.1) is 18.2 Å². The van der Waals surface area contributed by atoms with Crippen LogP contribution in [-0.4, -0.2) is 11.7 Å². The Morgan fingerprint density at radius 1 is 1.22 bits per heavy atom. The van der Waals surface area contributed by atoms with Crippen molar-refractivity contribution < 1.29 is 9.84 Å². The predicted molar refractivity (Wildman–Crippen MR) is 76.5 cm³/mol. The number of hydrogen-bond donors (Lipinski definition) is 1. The minimum Gasteiger partial charge on any atom is -0.491 e. The van der Waals surface area contributed by atoms with E-state index in [2.05, 4.69) is 20.8 Å². The second-order valence-electron chi connectivity index (χ2n) is 5.08. The molecule has 0 aliphatic heterocycles. The zero-order valence-corrected chi connectivity index (χ0v) is 12.6. The lowest BCUT2D eigenvalue weighted by Crippen LogP contribution is -2.12. The highest BCUT2D eigenvalue weighted by atomic mass is 35.5. The molecule has 2 nitrogen and oxygen atoms in total. The second kappa shape index (κ2) is 7.22. The molecule has 1 N–H and O–H groups in total. The van der Waals surface area contributed by atoms with Crippen molar-refractivity contribution in [1.82, 2.24) is 0 Å². The molecule has 0 radical (unpaired) electrons. The average Bonchev–Trinajstić information content (AvgIpc) is 2.25. The molecular formula is C14H20Cl2O2. The number of ether oxygens (including phenoxy) is 1. The van der Waals surface area contributed by atoms with Gasteiger partial charge in [0.2, 0.25) is 0 Å². The van der Waals surface area contributed by atoms with E-state index in [1.165, 1.54) is 0 Å². The van der Waals surface area contributed by atoms with Gasteiger partial charge in [0.1, 0.15) is 5.75 Å². The van der Waals surface area contributed by atoms with Crippen molar-refractivity contribution in [3.63, 3.8) is 0 Å². The van der Waals surface area contributed by atoms with E-state index in [0.29, 0.717) is 39.8 Å². The van der Waals surface area contributed by atoms with E-state index < -0.39 is 0 Å². The maximum atomic E-state index is 9.28. The number of aliphatic hydroxyl groups is 1. The van der Waals surface area contributed by atoms with Crippen LogP contribution >= 0.6 is 23.2 Å². The lowest BCUT2D eigenvalue weighted by molar-refractivity contribution is 0.226. The molecule has 4 heteroatoms. The smallest absolute Gasteiger partial charge is 0.143 e. The standard InChI is InChI=1S/C14H20Cl2O2/c1-9(2)4-10(3)8-18-14-11(7-17)5-12(15)6-13(14)16/h5-6,9-10,17H,4,7-8H2,1-3H3. The van der Waals surface area contributed by atoms with Gasteiger partial charge in [-0.2, -0.15) is 0 Å². The normalized spacial score (nSPS) is 12.8. The molecule has 0 amide bonds. The van der Waals surface area contributed by atoms with Crippen LogP contribution in [0.15, 0.2) is 12.1 Å². The summed E-state index contributed by atoms with van der Waals surface area (Å²) in [6.45, 7) is 6.97. The first-order valence-corrected chi connectivity index (χ1v) is 6.91. The fourth-order valence-electron chi connectivity index (χ4n) is 1.99. The van der Waals surface area contributed by atoms with Gasteiger partial charge in [-0.15, -0.1) is 0 Å². The van der Waals surface area contributed by atoms with Crippen LogP contribution in [0.2, 0.25) is 10.0 Å². The highest BCUT2D eigenvalue weighted by Crippen LogP contribution is 2.33. The van der Waals surface area contributed by atoms with Gasteiger partial charge in [0.25, 0.3) is 0 Å². The Balaban J connectivity index is 2.72. The number of aliphatic hydroxyl groups excluding tert-OH is 1. The predicted octanol–water partition coefficient (Wildman–Crippen LogP) is 4.55. The summed E-state index contributed by atoms with van der Waals surface area (Å²) in [5, 5.41) is 10.2. The Hall–Kier alpha value is -0.440. The molecule has 102 valence electrons. The fourth-order valence-corrected chi connectivity index (χ4v) is 2.58. The van der Waals surface area contributed by atoms with E-state index in [1.54, 1.807) is 12.1 Å². The minimum absolute atomic E-state index is 0.131. The molecule has 0 heterocycles. The summed E-state index contributed by atoms with van der Waals surface area (Å²) in [6, 6.07) is 3.31. The highest BCUT2D eigenvalue weighted by molar-refractivity contribution is 6.35. The van der Waals surface area contributed by atoms with E-state index in [1.807, 2.05) is 0 Å². The SMILES string of the molecule is CC(C)CC(C)COc1c(Cl)cc(Cl)cc1CO. The van der Waals surface area contributed by atoms with Crippen LogP contribution in [0.25, 0.3) is 0 Å². The Labute approximate surface area is 119 Å². The van der Waals surface area contributed by atoms with Gasteiger partial charge in [-0.25, -0.2) is 0 Å². The molecule has 0 spiro atoms. The van der Waals surface area contributed by atoms with Crippen molar-refractivity contribution in [1.29, 1.82) is 0 Å². The third-order valence-corrected chi connectivity index (χ3v) is 3.14. The number of hydrogen-bond acceptors (Lipinski definition) is 2. The van der Waals surface area contributed by atoms with Crippen molar-refractivity contribution in [3.8, 4) is 5.75 Å². The summed E-state index contributed by atoms with van der Waals surface area (Å²) in [7, 11) is 0. The number of benzene rings is 1. The summed E-state index contributed by atoms with van der Waals surface area (Å²) in [5.41, 5.74) is 0.629. The van der Waals surface area contributed by atoms with Gasteiger partial charge < -0.3 is 9.84 Å². The maximum absolute atomic E-state index is 9.28. The van der Waals surface area contributed by atoms with Crippen LogP contribution in [-0.2, 0) is 6.61 Å². The van der Waals surface area contributed by atoms with Crippen molar-refractivity contribution in [2.24, 2.45) is 11.8 Å². The van der Waals surface area contributed by atoms with E-state index in [9.17, 15) is 5.11 Å². The van der Waals surface area contributed by atoms with E-state index in [-0.39, 0.29) is 6.61 Å². The fraction of sp³-hybridized carbons (Fsp3) is 0.571. The Morgan fingerprint density at radius 3 is 2.44 bits per heavy atom. The van der Waals surface area contributed by atoms with Gasteiger partial charge in [-0.05, 0) is 30.4 Å². The maximum Gasteiger partial charge on any atom is 0.143 e. The molecule has 1 aromatic carbocycles. The van der Waals surface area contributed by atoms with Crippen molar-refractivity contribution >= 4 is 23.2 Å². The molecule has 0 bridgehead atoms. The van der Waals surface area contributed by atoms with Crippen LogP contribution in [0.1, 0.15) is 32.8 Å². The van der Waals surface area contributed by atoms with Crippen molar-refractivity contribution in [2.75, 3.05) is 6.61 Å². The van der Waals surface area contributed by atoms with Gasteiger partial charge in [0, 0.05) is 10.6 Å². The highest BCUT2D eigenvalue weighted by Gasteiger charge is 2.12. The summed E-state index contributed by atoms with van der Waals surface area (Å²) in [4.78, 5) is 0. The second-order valence-corrected chi connectivity index (χ2v) is 5.92. The third-order valence-electron chi connectivity index (χ3n) is 2.64. The van der Waals surface area contributed by atoms with Gasteiger partial charge in [-0.3, -0.25) is 0 Å². The Morgan fingerprint density at radius 2 is 1.89 bits per heavy atom. The molecule has 18 heavy (non-hydrogen) atoms. The molecule has 0 saturated carbocycles. The first kappa shape index (κ1) is 15.6. The zero-order valence-electron chi connectivity index (χ0n) is 11.0. The van der Waals surface area contributed by atoms with Gasteiger partial charge in [0.15, 0.2) is 0 Å². The zero-order chi connectivity index (χ0) is 13.7. The largest absolute Gasteiger partial charge is 0.491 e. The van der Waals surface area contributed by atoms with Gasteiger partial charge >= 0.3 is 0 Å². The first-order valence-electron chi connectivity index (χ1n) is 6.15. The molecule has 1 rings (SSSR count). The molecule has 0 aromatic heterocycles. The monoisotopic (exact) mass is 290 g/mol. The van der Waals surface area contributed by atoms with Crippen LogP contribution in [0.5, 0.6) is 5.75 Å². The molecule has 1 atom stereocenters. The van der Waals surface area contributed by atoms with Gasteiger partial charge in [-0.1, -0.05) is 44.0 Å². The van der Waals surface area contributed by atoms with Crippen LogP contribution in [0.4, 0.5) is 0 Å². The van der Waals surface area contributed by atoms with E-state index in [4.69, 9.17) is 27.9 Å². The van der Waals surface area contributed by atoms with Crippen LogP contribution in [0, 0.1) is 11.8 Å². The van der Waals surface area contributed by atoms with Crippen molar-refractivity contribution in [3.05, 3.63) is 27.7 Å². The van der Waals surface area contributed by atoms with Crippen LogP contribution in [0.3, 0.4) is 0 Å². The topological polar surface area (TPSA) is 29.5 Å².